The molecule has 5 heteroatoms. The third-order valence-corrected chi connectivity index (χ3v) is 4.04. The van der Waals surface area contributed by atoms with Gasteiger partial charge in [0.05, 0.1) is 6.07 Å². The van der Waals surface area contributed by atoms with Crippen molar-refractivity contribution in [2.24, 2.45) is 0 Å². The molecule has 0 saturated heterocycles. The predicted octanol–water partition coefficient (Wildman–Crippen LogP) is 2.61. The van der Waals surface area contributed by atoms with Gasteiger partial charge in [0.25, 0.3) is 0 Å². The van der Waals surface area contributed by atoms with Gasteiger partial charge in [0.2, 0.25) is 6.79 Å². The highest BCUT2D eigenvalue weighted by molar-refractivity contribution is 5.47. The summed E-state index contributed by atoms with van der Waals surface area (Å²) in [6.45, 7) is 3.23. The summed E-state index contributed by atoms with van der Waals surface area (Å²) in [4.78, 5) is 0. The second-order valence-corrected chi connectivity index (χ2v) is 5.62. The topological polar surface area (TPSA) is 63.5 Å². The van der Waals surface area contributed by atoms with E-state index in [2.05, 4.69) is 18.3 Å². The first kappa shape index (κ1) is 14.0. The van der Waals surface area contributed by atoms with Crippen LogP contribution in [-0.4, -0.2) is 25.0 Å². The molecule has 2 unspecified atom stereocenters. The van der Waals surface area contributed by atoms with Gasteiger partial charge in [-0.2, -0.15) is 5.26 Å². The van der Waals surface area contributed by atoms with Crippen molar-refractivity contribution >= 4 is 0 Å². The Morgan fingerprint density at radius 3 is 3.10 bits per heavy atom. The maximum atomic E-state index is 9.45. The van der Waals surface area contributed by atoms with Crippen molar-refractivity contribution in [3.05, 3.63) is 18.2 Å². The first-order valence-corrected chi connectivity index (χ1v) is 7.47. The Balaban J connectivity index is 1.63. The van der Waals surface area contributed by atoms with E-state index in [0.717, 1.165) is 49.5 Å². The molecule has 0 spiro atoms. The van der Waals surface area contributed by atoms with Crippen molar-refractivity contribution in [2.75, 3.05) is 13.3 Å². The summed E-state index contributed by atoms with van der Waals surface area (Å²) < 4.78 is 16.7. The molecular formula is C16H20N2O3. The van der Waals surface area contributed by atoms with E-state index in [9.17, 15) is 5.26 Å². The Morgan fingerprint density at radius 1 is 1.43 bits per heavy atom. The van der Waals surface area contributed by atoms with Gasteiger partial charge >= 0.3 is 0 Å². The Labute approximate surface area is 124 Å². The van der Waals surface area contributed by atoms with Crippen molar-refractivity contribution in [1.82, 2.24) is 5.32 Å². The molecule has 0 radical (unpaired) electrons. The van der Waals surface area contributed by atoms with E-state index in [1.165, 1.54) is 0 Å². The highest BCUT2D eigenvalue weighted by Gasteiger charge is 2.40. The van der Waals surface area contributed by atoms with Gasteiger partial charge in [0.1, 0.15) is 17.4 Å². The standard InChI is InChI=1S/C16H20N2O3/c1-2-7-18-16(10-17)6-5-13(9-16)21-12-3-4-14-15(8-12)20-11-19-14/h3-4,8,13,18H,2,5-7,9,11H2,1H3. The number of hydrogen-bond acceptors (Lipinski definition) is 5. The smallest absolute Gasteiger partial charge is 0.231 e. The fourth-order valence-electron chi connectivity index (χ4n) is 2.91. The Hall–Kier alpha value is -1.93. The summed E-state index contributed by atoms with van der Waals surface area (Å²) in [5.41, 5.74) is -0.434. The molecule has 2 atom stereocenters. The van der Waals surface area contributed by atoms with Gasteiger partial charge in [-0.3, -0.25) is 5.32 Å². The second kappa shape index (κ2) is 5.82. The molecule has 1 N–H and O–H groups in total. The quantitative estimate of drug-likeness (QED) is 0.902. The fraction of sp³-hybridized carbons (Fsp3) is 0.562. The highest BCUT2D eigenvalue weighted by atomic mass is 16.7. The molecule has 0 bridgehead atoms. The van der Waals surface area contributed by atoms with Gasteiger partial charge in [0.15, 0.2) is 11.5 Å². The van der Waals surface area contributed by atoms with E-state index in [0.29, 0.717) is 0 Å². The van der Waals surface area contributed by atoms with E-state index in [4.69, 9.17) is 14.2 Å². The minimum absolute atomic E-state index is 0.0642. The van der Waals surface area contributed by atoms with Crippen LogP contribution in [0.1, 0.15) is 32.6 Å². The number of benzene rings is 1. The molecule has 1 heterocycles. The maximum Gasteiger partial charge on any atom is 0.231 e. The van der Waals surface area contributed by atoms with Crippen LogP contribution in [0.2, 0.25) is 0 Å². The third kappa shape index (κ3) is 2.91. The summed E-state index contributed by atoms with van der Waals surface area (Å²) >= 11 is 0. The van der Waals surface area contributed by atoms with Crippen LogP contribution in [0, 0.1) is 11.3 Å². The first-order valence-electron chi connectivity index (χ1n) is 7.47. The van der Waals surface area contributed by atoms with Crippen LogP contribution in [0.25, 0.3) is 0 Å². The number of hydrogen-bond donors (Lipinski definition) is 1. The lowest BCUT2D eigenvalue weighted by molar-refractivity contribution is 0.173. The van der Waals surface area contributed by atoms with E-state index >= 15 is 0 Å². The number of rotatable bonds is 5. The Kier molecular flexibility index (Phi) is 3.89. The van der Waals surface area contributed by atoms with E-state index in [1.807, 2.05) is 18.2 Å². The minimum Gasteiger partial charge on any atom is -0.490 e. The van der Waals surface area contributed by atoms with E-state index in [1.54, 1.807) is 0 Å². The zero-order chi connectivity index (χ0) is 14.7. The van der Waals surface area contributed by atoms with Crippen LogP contribution in [0.15, 0.2) is 18.2 Å². The van der Waals surface area contributed by atoms with Gasteiger partial charge in [-0.05, 0) is 37.9 Å². The van der Waals surface area contributed by atoms with Gasteiger partial charge in [-0.1, -0.05) is 6.92 Å². The molecule has 0 aromatic heterocycles. The fourth-order valence-corrected chi connectivity index (χ4v) is 2.91. The number of fused-ring (bicyclic) bond motifs is 1. The molecule has 112 valence electrons. The first-order chi connectivity index (χ1) is 10.2. The Morgan fingerprint density at radius 2 is 2.29 bits per heavy atom. The summed E-state index contributed by atoms with van der Waals surface area (Å²) in [6.07, 6.45) is 3.53. The average molecular weight is 288 g/mol. The molecule has 21 heavy (non-hydrogen) atoms. The molecule has 1 aromatic carbocycles. The molecule has 1 fully saturated rings. The zero-order valence-corrected chi connectivity index (χ0v) is 12.2. The average Bonchev–Trinajstić information content (AvgIpc) is 3.12. The molecule has 1 aliphatic heterocycles. The number of nitrogens with one attached hydrogen (secondary N) is 1. The second-order valence-electron chi connectivity index (χ2n) is 5.62. The number of nitrogens with zero attached hydrogens (tertiary/aromatic N) is 1. The lowest BCUT2D eigenvalue weighted by Crippen LogP contribution is -2.42. The maximum absolute atomic E-state index is 9.45. The molecule has 5 nitrogen and oxygen atoms in total. The van der Waals surface area contributed by atoms with Crippen LogP contribution < -0.4 is 19.5 Å². The zero-order valence-electron chi connectivity index (χ0n) is 12.2. The molecule has 1 aromatic rings. The van der Waals surface area contributed by atoms with Crippen molar-refractivity contribution in [3.8, 4) is 23.3 Å². The molecule has 1 saturated carbocycles. The minimum atomic E-state index is -0.434. The summed E-state index contributed by atoms with van der Waals surface area (Å²) in [7, 11) is 0. The van der Waals surface area contributed by atoms with Gasteiger partial charge < -0.3 is 14.2 Å². The van der Waals surface area contributed by atoms with Crippen LogP contribution in [0.4, 0.5) is 0 Å². The largest absolute Gasteiger partial charge is 0.490 e. The van der Waals surface area contributed by atoms with Crippen LogP contribution in [0.3, 0.4) is 0 Å². The van der Waals surface area contributed by atoms with Crippen LogP contribution in [0.5, 0.6) is 17.2 Å². The van der Waals surface area contributed by atoms with Gasteiger partial charge in [0, 0.05) is 12.5 Å². The molecule has 1 aliphatic carbocycles. The van der Waals surface area contributed by atoms with Gasteiger partial charge in [-0.25, -0.2) is 0 Å². The summed E-state index contributed by atoms with van der Waals surface area (Å²) in [6, 6.07) is 8.04. The molecule has 0 amide bonds. The Bertz CT molecular complexity index is 555. The van der Waals surface area contributed by atoms with E-state index in [-0.39, 0.29) is 12.9 Å². The van der Waals surface area contributed by atoms with Crippen molar-refractivity contribution < 1.29 is 14.2 Å². The molecule has 2 aliphatic rings. The summed E-state index contributed by atoms with van der Waals surface area (Å²) in [5.74, 6) is 2.25. The normalized spacial score (nSPS) is 26.6. The van der Waals surface area contributed by atoms with Crippen LogP contribution in [-0.2, 0) is 0 Å². The van der Waals surface area contributed by atoms with Gasteiger partial charge in [-0.15, -0.1) is 0 Å². The van der Waals surface area contributed by atoms with Crippen molar-refractivity contribution in [3.63, 3.8) is 0 Å². The predicted molar refractivity (Wildman–Crippen MR) is 77.5 cm³/mol. The SMILES string of the molecule is CCCNC1(C#N)CCC(Oc2ccc3c(c2)OCO3)C1. The lowest BCUT2D eigenvalue weighted by atomic mass is 9.99. The van der Waals surface area contributed by atoms with Crippen molar-refractivity contribution in [2.45, 2.75) is 44.2 Å². The van der Waals surface area contributed by atoms with Crippen LogP contribution >= 0.6 is 0 Å². The monoisotopic (exact) mass is 288 g/mol. The molecular weight excluding hydrogens is 268 g/mol. The number of nitriles is 1. The molecule has 3 rings (SSSR count). The highest BCUT2D eigenvalue weighted by Crippen LogP contribution is 2.37. The van der Waals surface area contributed by atoms with E-state index < -0.39 is 5.54 Å². The third-order valence-electron chi connectivity index (χ3n) is 4.04. The summed E-state index contributed by atoms with van der Waals surface area (Å²) in [5, 5.41) is 12.8. The lowest BCUT2D eigenvalue weighted by Gasteiger charge is -2.22. The van der Waals surface area contributed by atoms with Crippen molar-refractivity contribution in [1.29, 1.82) is 5.26 Å². The number of ether oxygens (including phenoxy) is 3.